The SMILES string of the molecule is CCC1CCCCN1CC(=O)N1CCN(C=O)CC1. The number of nitrogens with zero attached hydrogens (tertiary/aromatic N) is 3. The van der Waals surface area contributed by atoms with Gasteiger partial charge in [-0.05, 0) is 25.8 Å². The van der Waals surface area contributed by atoms with Crippen LogP contribution in [0.15, 0.2) is 0 Å². The largest absolute Gasteiger partial charge is 0.342 e. The molecule has 2 aliphatic heterocycles. The third-order valence-corrected chi connectivity index (χ3v) is 4.37. The Bertz CT molecular complexity index is 314. The van der Waals surface area contributed by atoms with Crippen LogP contribution in [-0.2, 0) is 9.59 Å². The highest BCUT2D eigenvalue weighted by Gasteiger charge is 2.26. The first-order chi connectivity index (χ1) is 9.24. The Morgan fingerprint density at radius 2 is 1.89 bits per heavy atom. The normalized spacial score (nSPS) is 25.4. The van der Waals surface area contributed by atoms with Gasteiger partial charge in [-0.25, -0.2) is 0 Å². The lowest BCUT2D eigenvalue weighted by molar-refractivity contribution is -0.137. The molecule has 0 saturated carbocycles. The second-order valence-corrected chi connectivity index (χ2v) is 5.55. The predicted octanol–water partition coefficient (Wildman–Crippen LogP) is 0.552. The number of rotatable bonds is 4. The molecule has 0 aliphatic carbocycles. The molecule has 2 aliphatic rings. The minimum atomic E-state index is 0.228. The Morgan fingerprint density at radius 3 is 2.53 bits per heavy atom. The molecular weight excluding hydrogens is 242 g/mol. The van der Waals surface area contributed by atoms with Gasteiger partial charge >= 0.3 is 0 Å². The zero-order valence-corrected chi connectivity index (χ0v) is 11.9. The van der Waals surface area contributed by atoms with Crippen LogP contribution in [0.5, 0.6) is 0 Å². The average molecular weight is 267 g/mol. The van der Waals surface area contributed by atoms with Gasteiger partial charge in [0, 0.05) is 32.2 Å². The van der Waals surface area contributed by atoms with Crippen molar-refractivity contribution in [3.8, 4) is 0 Å². The third kappa shape index (κ3) is 3.69. The number of amides is 2. The standard InChI is InChI=1S/C14H25N3O2/c1-2-13-5-3-4-6-17(13)11-14(19)16-9-7-15(12-18)8-10-16/h12-13H,2-11H2,1H3. The molecule has 5 heteroatoms. The molecule has 0 bridgehead atoms. The Morgan fingerprint density at radius 1 is 1.16 bits per heavy atom. The molecule has 19 heavy (non-hydrogen) atoms. The fraction of sp³-hybridized carbons (Fsp3) is 0.857. The lowest BCUT2D eigenvalue weighted by Crippen LogP contribution is -2.52. The van der Waals surface area contributed by atoms with Gasteiger partial charge in [0.1, 0.15) is 0 Å². The highest BCUT2D eigenvalue weighted by molar-refractivity contribution is 5.78. The van der Waals surface area contributed by atoms with Gasteiger partial charge in [0.05, 0.1) is 6.54 Å². The van der Waals surface area contributed by atoms with Crippen molar-refractivity contribution in [2.45, 2.75) is 38.6 Å². The van der Waals surface area contributed by atoms with Crippen LogP contribution in [0.25, 0.3) is 0 Å². The molecule has 0 N–H and O–H groups in total. The topological polar surface area (TPSA) is 43.9 Å². The molecule has 2 rings (SSSR count). The molecule has 1 unspecified atom stereocenters. The number of carbonyl (C=O) groups excluding carboxylic acids is 2. The van der Waals surface area contributed by atoms with E-state index in [2.05, 4.69) is 11.8 Å². The number of piperazine rings is 1. The summed E-state index contributed by atoms with van der Waals surface area (Å²) in [7, 11) is 0. The summed E-state index contributed by atoms with van der Waals surface area (Å²) in [5, 5.41) is 0. The minimum absolute atomic E-state index is 0.228. The van der Waals surface area contributed by atoms with E-state index < -0.39 is 0 Å². The van der Waals surface area contributed by atoms with E-state index in [1.54, 1.807) is 4.90 Å². The maximum atomic E-state index is 12.3. The number of carbonyl (C=O) groups is 2. The third-order valence-electron chi connectivity index (χ3n) is 4.37. The lowest BCUT2D eigenvalue weighted by atomic mass is 10.00. The smallest absolute Gasteiger partial charge is 0.236 e. The summed E-state index contributed by atoms with van der Waals surface area (Å²) < 4.78 is 0. The van der Waals surface area contributed by atoms with Crippen molar-refractivity contribution in [1.29, 1.82) is 0 Å². The average Bonchev–Trinajstić information content (AvgIpc) is 2.48. The molecule has 5 nitrogen and oxygen atoms in total. The predicted molar refractivity (Wildman–Crippen MR) is 73.7 cm³/mol. The molecule has 0 aromatic rings. The zero-order valence-electron chi connectivity index (χ0n) is 11.9. The molecule has 0 spiro atoms. The van der Waals surface area contributed by atoms with E-state index in [9.17, 15) is 9.59 Å². The minimum Gasteiger partial charge on any atom is -0.342 e. The summed E-state index contributed by atoms with van der Waals surface area (Å²) in [5.41, 5.74) is 0. The van der Waals surface area contributed by atoms with E-state index in [0.29, 0.717) is 38.8 Å². The fourth-order valence-corrected chi connectivity index (χ4v) is 3.08. The van der Waals surface area contributed by atoms with Crippen molar-refractivity contribution < 1.29 is 9.59 Å². The van der Waals surface area contributed by atoms with Gasteiger partial charge < -0.3 is 9.80 Å². The van der Waals surface area contributed by atoms with Crippen molar-refractivity contribution in [2.75, 3.05) is 39.3 Å². The molecular formula is C14H25N3O2. The molecule has 108 valence electrons. The van der Waals surface area contributed by atoms with Crippen LogP contribution in [-0.4, -0.2) is 72.3 Å². The van der Waals surface area contributed by atoms with Gasteiger partial charge in [0.15, 0.2) is 0 Å². The Kier molecular flexibility index (Phi) is 5.19. The van der Waals surface area contributed by atoms with Crippen molar-refractivity contribution >= 4 is 12.3 Å². The summed E-state index contributed by atoms with van der Waals surface area (Å²) >= 11 is 0. The Balaban J connectivity index is 1.81. The molecule has 0 aromatic heterocycles. The summed E-state index contributed by atoms with van der Waals surface area (Å²) in [6, 6.07) is 0.578. The monoisotopic (exact) mass is 267 g/mol. The van der Waals surface area contributed by atoms with E-state index in [-0.39, 0.29) is 5.91 Å². The van der Waals surface area contributed by atoms with Gasteiger partial charge in [-0.2, -0.15) is 0 Å². The number of hydrogen-bond acceptors (Lipinski definition) is 3. The van der Waals surface area contributed by atoms with Crippen LogP contribution in [0.3, 0.4) is 0 Å². The van der Waals surface area contributed by atoms with Crippen molar-refractivity contribution in [3.63, 3.8) is 0 Å². The van der Waals surface area contributed by atoms with Crippen molar-refractivity contribution in [3.05, 3.63) is 0 Å². The van der Waals surface area contributed by atoms with Gasteiger partial charge in [0.25, 0.3) is 0 Å². The van der Waals surface area contributed by atoms with Crippen LogP contribution in [0, 0.1) is 0 Å². The quantitative estimate of drug-likeness (QED) is 0.699. The summed E-state index contributed by atoms with van der Waals surface area (Å²) in [5.74, 6) is 0.228. The summed E-state index contributed by atoms with van der Waals surface area (Å²) in [6.45, 7) is 6.53. The molecule has 2 saturated heterocycles. The highest BCUT2D eigenvalue weighted by Crippen LogP contribution is 2.19. The Labute approximate surface area is 115 Å². The zero-order chi connectivity index (χ0) is 13.7. The van der Waals surface area contributed by atoms with Crippen LogP contribution < -0.4 is 0 Å². The second-order valence-electron chi connectivity index (χ2n) is 5.55. The first kappa shape index (κ1) is 14.3. The van der Waals surface area contributed by atoms with Crippen LogP contribution in [0.4, 0.5) is 0 Å². The molecule has 2 amide bonds. The first-order valence-corrected chi connectivity index (χ1v) is 7.45. The van der Waals surface area contributed by atoms with Gasteiger partial charge in [-0.15, -0.1) is 0 Å². The lowest BCUT2D eigenvalue weighted by Gasteiger charge is -2.38. The van der Waals surface area contributed by atoms with Crippen LogP contribution >= 0.6 is 0 Å². The summed E-state index contributed by atoms with van der Waals surface area (Å²) in [6.07, 6.45) is 5.73. The van der Waals surface area contributed by atoms with E-state index in [1.807, 2.05) is 4.90 Å². The van der Waals surface area contributed by atoms with Gasteiger partial charge in [-0.3, -0.25) is 14.5 Å². The summed E-state index contributed by atoms with van der Waals surface area (Å²) in [4.78, 5) is 28.9. The van der Waals surface area contributed by atoms with Crippen LogP contribution in [0.2, 0.25) is 0 Å². The van der Waals surface area contributed by atoms with E-state index in [4.69, 9.17) is 0 Å². The van der Waals surface area contributed by atoms with Gasteiger partial charge in [-0.1, -0.05) is 13.3 Å². The van der Waals surface area contributed by atoms with Crippen molar-refractivity contribution in [2.24, 2.45) is 0 Å². The molecule has 2 fully saturated rings. The van der Waals surface area contributed by atoms with E-state index >= 15 is 0 Å². The molecule has 0 aromatic carbocycles. The number of likely N-dealkylation sites (tertiary alicyclic amines) is 1. The van der Waals surface area contributed by atoms with E-state index in [1.165, 1.54) is 19.3 Å². The first-order valence-electron chi connectivity index (χ1n) is 7.45. The molecule has 0 radical (unpaired) electrons. The van der Waals surface area contributed by atoms with Crippen molar-refractivity contribution in [1.82, 2.24) is 14.7 Å². The van der Waals surface area contributed by atoms with Crippen LogP contribution in [0.1, 0.15) is 32.6 Å². The van der Waals surface area contributed by atoms with E-state index in [0.717, 1.165) is 19.4 Å². The molecule has 1 atom stereocenters. The Hall–Kier alpha value is -1.10. The second kappa shape index (κ2) is 6.89. The maximum Gasteiger partial charge on any atom is 0.236 e. The maximum absolute atomic E-state index is 12.3. The number of hydrogen-bond donors (Lipinski definition) is 0. The number of piperidine rings is 1. The molecule has 2 heterocycles. The fourth-order valence-electron chi connectivity index (χ4n) is 3.08. The van der Waals surface area contributed by atoms with Gasteiger partial charge in [0.2, 0.25) is 12.3 Å². The highest BCUT2D eigenvalue weighted by atomic mass is 16.2.